The summed E-state index contributed by atoms with van der Waals surface area (Å²) >= 11 is 0. The number of fused-ring (bicyclic) bond motifs is 6. The van der Waals surface area contributed by atoms with Crippen LogP contribution in [0.5, 0.6) is 0 Å². The fraction of sp³-hybridized carbons (Fsp3) is 0.0508. The van der Waals surface area contributed by atoms with Crippen molar-refractivity contribution < 1.29 is 0 Å². The van der Waals surface area contributed by atoms with Crippen molar-refractivity contribution in [2.24, 2.45) is 0 Å². The maximum atomic E-state index is 2.53. The largest absolute Gasteiger partial charge is 0.310 e. The van der Waals surface area contributed by atoms with Crippen LogP contribution in [0.15, 0.2) is 224 Å². The zero-order valence-electron chi connectivity index (χ0n) is 33.8. The van der Waals surface area contributed by atoms with E-state index in [1.54, 1.807) is 0 Å². The molecule has 0 unspecified atom stereocenters. The molecule has 0 heterocycles. The molecule has 1 nitrogen and oxygen atoms in total. The molecule has 10 aromatic carbocycles. The fourth-order valence-corrected chi connectivity index (χ4v) is 9.85. The highest BCUT2D eigenvalue weighted by atomic mass is 15.1. The maximum absolute atomic E-state index is 2.53. The second-order valence-electron chi connectivity index (χ2n) is 16.5. The van der Waals surface area contributed by atoms with E-state index in [2.05, 4.69) is 243 Å². The minimum atomic E-state index is -0.227. The molecule has 0 saturated carbocycles. The van der Waals surface area contributed by atoms with Crippen molar-refractivity contribution in [3.63, 3.8) is 0 Å². The molecule has 1 heteroatoms. The van der Waals surface area contributed by atoms with Crippen LogP contribution in [0, 0.1) is 0 Å². The Morgan fingerprint density at radius 3 is 1.65 bits per heavy atom. The predicted molar refractivity (Wildman–Crippen MR) is 255 cm³/mol. The van der Waals surface area contributed by atoms with Crippen LogP contribution in [0.2, 0.25) is 0 Å². The second kappa shape index (κ2) is 14.4. The van der Waals surface area contributed by atoms with Crippen molar-refractivity contribution in [3.8, 4) is 55.6 Å². The van der Waals surface area contributed by atoms with Gasteiger partial charge in [-0.2, -0.15) is 0 Å². The molecule has 0 atom stereocenters. The van der Waals surface area contributed by atoms with Crippen LogP contribution in [-0.2, 0) is 5.41 Å². The van der Waals surface area contributed by atoms with E-state index >= 15 is 0 Å². The zero-order chi connectivity index (χ0) is 40.2. The molecule has 284 valence electrons. The molecule has 0 saturated heterocycles. The minimum absolute atomic E-state index is 0.227. The second-order valence-corrected chi connectivity index (χ2v) is 16.5. The zero-order valence-corrected chi connectivity index (χ0v) is 33.8. The van der Waals surface area contributed by atoms with Gasteiger partial charge in [-0.05, 0) is 113 Å². The molecule has 0 aliphatic heterocycles. The Labute approximate surface area is 352 Å². The lowest BCUT2D eigenvalue weighted by Crippen LogP contribution is -2.21. The van der Waals surface area contributed by atoms with Crippen LogP contribution in [0.4, 0.5) is 17.1 Å². The molecule has 0 amide bonds. The Morgan fingerprint density at radius 2 is 0.883 bits per heavy atom. The van der Waals surface area contributed by atoms with Crippen molar-refractivity contribution in [1.82, 2.24) is 0 Å². The highest BCUT2D eigenvalue weighted by Crippen LogP contribution is 2.56. The van der Waals surface area contributed by atoms with E-state index in [-0.39, 0.29) is 5.41 Å². The molecule has 1 aliphatic carbocycles. The summed E-state index contributed by atoms with van der Waals surface area (Å²) < 4.78 is 0. The Bertz CT molecular complexity index is 3210. The molecule has 0 fully saturated rings. The van der Waals surface area contributed by atoms with Crippen LogP contribution in [0.3, 0.4) is 0 Å². The summed E-state index contributed by atoms with van der Waals surface area (Å²) in [6.07, 6.45) is 0. The summed E-state index contributed by atoms with van der Waals surface area (Å²) in [5, 5.41) is 5.08. The standard InChI is InChI=1S/C59H43N/c1-59(2)54-28-14-13-24-51(54)53-27-16-30-56(58(53)59)60(46-36-33-40(34-37-46)44-35-38-49-45(39-44)32-31-43-21-9-10-22-47(43)49)55-29-15-26-50(42-19-7-4-8-20-42)57(55)52-25-12-11-23-48(52)41-17-5-3-6-18-41/h3-39H,1-2H3. The van der Waals surface area contributed by atoms with Gasteiger partial charge in [-0.25, -0.2) is 0 Å². The number of benzene rings is 10. The maximum Gasteiger partial charge on any atom is 0.0546 e. The molecule has 11 rings (SSSR count). The number of hydrogen-bond donors (Lipinski definition) is 0. The number of nitrogens with zero attached hydrogens (tertiary/aromatic N) is 1. The SMILES string of the molecule is CC1(C)c2ccccc2-c2cccc(N(c3ccc(-c4ccc5c(ccc6ccccc65)c4)cc3)c3cccc(-c4ccccc4)c3-c3ccccc3-c3ccccc3)c21. The third-order valence-electron chi connectivity index (χ3n) is 12.7. The van der Waals surface area contributed by atoms with E-state index in [0.29, 0.717) is 0 Å². The van der Waals surface area contributed by atoms with Gasteiger partial charge in [0.25, 0.3) is 0 Å². The molecular formula is C59H43N. The van der Waals surface area contributed by atoms with Crippen molar-refractivity contribution in [1.29, 1.82) is 0 Å². The molecular weight excluding hydrogens is 723 g/mol. The van der Waals surface area contributed by atoms with E-state index in [4.69, 9.17) is 0 Å². The van der Waals surface area contributed by atoms with Gasteiger partial charge in [0.05, 0.1) is 11.4 Å². The van der Waals surface area contributed by atoms with Gasteiger partial charge in [0.2, 0.25) is 0 Å². The van der Waals surface area contributed by atoms with Gasteiger partial charge < -0.3 is 4.90 Å². The Kier molecular flexibility index (Phi) is 8.57. The van der Waals surface area contributed by atoms with Crippen LogP contribution in [0.1, 0.15) is 25.0 Å². The van der Waals surface area contributed by atoms with E-state index < -0.39 is 0 Å². The first kappa shape index (κ1) is 35.7. The molecule has 0 radical (unpaired) electrons. The van der Waals surface area contributed by atoms with Gasteiger partial charge in [-0.1, -0.05) is 208 Å². The van der Waals surface area contributed by atoms with Crippen LogP contribution in [0.25, 0.3) is 77.2 Å². The summed E-state index contributed by atoms with van der Waals surface area (Å²) in [6.45, 7) is 4.77. The third-order valence-corrected chi connectivity index (χ3v) is 12.7. The summed E-state index contributed by atoms with van der Waals surface area (Å²) in [7, 11) is 0. The summed E-state index contributed by atoms with van der Waals surface area (Å²) in [4.78, 5) is 2.53. The lowest BCUT2D eigenvalue weighted by atomic mass is 9.81. The quantitative estimate of drug-likeness (QED) is 0.146. The highest BCUT2D eigenvalue weighted by Gasteiger charge is 2.39. The van der Waals surface area contributed by atoms with Crippen LogP contribution >= 0.6 is 0 Å². The first-order valence-corrected chi connectivity index (χ1v) is 20.9. The summed E-state index contributed by atoms with van der Waals surface area (Å²) in [5.74, 6) is 0. The molecule has 0 bridgehead atoms. The van der Waals surface area contributed by atoms with E-state index in [1.165, 1.54) is 94.0 Å². The summed E-state index contributed by atoms with van der Waals surface area (Å²) in [5.41, 5.74) is 18.0. The van der Waals surface area contributed by atoms with E-state index in [9.17, 15) is 0 Å². The monoisotopic (exact) mass is 765 g/mol. The molecule has 1 aliphatic rings. The van der Waals surface area contributed by atoms with Gasteiger partial charge >= 0.3 is 0 Å². The van der Waals surface area contributed by atoms with Crippen molar-refractivity contribution in [2.45, 2.75) is 19.3 Å². The lowest BCUT2D eigenvalue weighted by molar-refractivity contribution is 0.661. The topological polar surface area (TPSA) is 3.24 Å². The average molecular weight is 766 g/mol. The van der Waals surface area contributed by atoms with Crippen LogP contribution in [-0.4, -0.2) is 0 Å². The lowest BCUT2D eigenvalue weighted by Gasteiger charge is -2.34. The third kappa shape index (κ3) is 5.85. The van der Waals surface area contributed by atoms with Crippen molar-refractivity contribution >= 4 is 38.6 Å². The van der Waals surface area contributed by atoms with Gasteiger partial charge in [0, 0.05) is 16.7 Å². The molecule has 60 heavy (non-hydrogen) atoms. The normalized spacial score (nSPS) is 12.6. The first-order valence-electron chi connectivity index (χ1n) is 20.9. The highest BCUT2D eigenvalue weighted by molar-refractivity contribution is 6.08. The van der Waals surface area contributed by atoms with Gasteiger partial charge in [-0.3, -0.25) is 0 Å². The average Bonchev–Trinajstić information content (AvgIpc) is 3.55. The van der Waals surface area contributed by atoms with Gasteiger partial charge in [-0.15, -0.1) is 0 Å². The molecule has 0 spiro atoms. The Balaban J connectivity index is 1.16. The van der Waals surface area contributed by atoms with Crippen molar-refractivity contribution in [3.05, 3.63) is 236 Å². The smallest absolute Gasteiger partial charge is 0.0546 e. The molecule has 0 aromatic heterocycles. The molecule has 10 aromatic rings. The van der Waals surface area contributed by atoms with Gasteiger partial charge in [0.1, 0.15) is 0 Å². The molecule has 0 N–H and O–H groups in total. The van der Waals surface area contributed by atoms with Crippen LogP contribution < -0.4 is 4.90 Å². The summed E-state index contributed by atoms with van der Waals surface area (Å²) in [6, 6.07) is 82.5. The minimum Gasteiger partial charge on any atom is -0.310 e. The van der Waals surface area contributed by atoms with Crippen molar-refractivity contribution in [2.75, 3.05) is 4.90 Å². The van der Waals surface area contributed by atoms with E-state index in [1.807, 2.05) is 0 Å². The number of hydrogen-bond acceptors (Lipinski definition) is 1. The fourth-order valence-electron chi connectivity index (χ4n) is 9.85. The number of rotatable bonds is 7. The Morgan fingerprint density at radius 1 is 0.333 bits per heavy atom. The first-order chi connectivity index (χ1) is 29.5. The van der Waals surface area contributed by atoms with E-state index in [0.717, 1.165) is 11.4 Å². The Hall–Kier alpha value is -7.48. The number of anilines is 3. The predicted octanol–water partition coefficient (Wildman–Crippen LogP) is 16.4. The van der Waals surface area contributed by atoms with Gasteiger partial charge in [0.15, 0.2) is 0 Å².